The number of fused-ring (bicyclic) bond motifs is 1. The van der Waals surface area contributed by atoms with Crippen LogP contribution >= 0.6 is 11.6 Å². The van der Waals surface area contributed by atoms with E-state index >= 15 is 0 Å². The molecular weight excluding hydrogens is 464 g/mol. The summed E-state index contributed by atoms with van der Waals surface area (Å²) in [7, 11) is 0. The molecule has 0 saturated carbocycles. The summed E-state index contributed by atoms with van der Waals surface area (Å²) in [6.45, 7) is 5.66. The van der Waals surface area contributed by atoms with Gasteiger partial charge in [-0.15, -0.1) is 0 Å². The zero-order valence-corrected chi connectivity index (χ0v) is 20.2. The van der Waals surface area contributed by atoms with E-state index in [4.69, 9.17) is 36.2 Å². The molecule has 3 N–H and O–H groups in total. The maximum atomic E-state index is 7.93. The van der Waals surface area contributed by atoms with Gasteiger partial charge < -0.3 is 25.3 Å². The van der Waals surface area contributed by atoms with Gasteiger partial charge in [0.05, 0.1) is 36.0 Å². The van der Waals surface area contributed by atoms with E-state index in [0.717, 1.165) is 39.0 Å². The van der Waals surface area contributed by atoms with Crippen LogP contribution in [0.15, 0.2) is 53.2 Å². The number of nitrogens with one attached hydrogen (secondary N) is 3. The van der Waals surface area contributed by atoms with E-state index in [-0.39, 0.29) is 6.04 Å². The third-order valence-corrected chi connectivity index (χ3v) is 6.13. The minimum Gasteiger partial charge on any atom is -0.383 e. The average Bonchev–Trinajstić information content (AvgIpc) is 3.16. The largest absolute Gasteiger partial charge is 0.383 e. The first kappa shape index (κ1) is 23.0. The van der Waals surface area contributed by atoms with Crippen molar-refractivity contribution in [1.82, 2.24) is 20.4 Å². The Bertz CT molecular complexity index is 1410. The number of aromatic nitrogens is 3. The lowest BCUT2D eigenvalue weighted by molar-refractivity contribution is 0.000841. The van der Waals surface area contributed by atoms with Crippen molar-refractivity contribution >= 4 is 40.1 Å². The second kappa shape index (κ2) is 9.85. The molecule has 8 nitrogen and oxygen atoms in total. The summed E-state index contributed by atoms with van der Waals surface area (Å²) in [6.07, 6.45) is 3.03. The maximum absolute atomic E-state index is 7.93. The molecule has 0 bridgehead atoms. The molecule has 3 heterocycles. The lowest BCUT2D eigenvalue weighted by Gasteiger charge is -2.26. The number of hydrogen-bond donors (Lipinski definition) is 3. The molecule has 0 atom stereocenters. The summed E-state index contributed by atoms with van der Waals surface area (Å²) < 4.78 is 10.6. The number of hydrogen-bond acceptors (Lipinski definition) is 8. The first-order valence-electron chi connectivity index (χ1n) is 11.3. The Kier molecular flexibility index (Phi) is 6.48. The Morgan fingerprint density at radius 3 is 2.71 bits per heavy atom. The highest BCUT2D eigenvalue weighted by molar-refractivity contribution is 6.30. The van der Waals surface area contributed by atoms with Crippen LogP contribution in [0.2, 0.25) is 5.02 Å². The number of anilines is 1. The molecule has 0 unspecified atom stereocenters. The van der Waals surface area contributed by atoms with Gasteiger partial charge in [0.1, 0.15) is 11.6 Å². The Hall–Kier alpha value is -3.75. The van der Waals surface area contributed by atoms with Gasteiger partial charge in [-0.3, -0.25) is 0 Å². The highest BCUT2D eigenvalue weighted by atomic mass is 35.5. The zero-order chi connectivity index (χ0) is 24.4. The molecule has 5 rings (SSSR count). The minimum absolute atomic E-state index is 0.239. The zero-order valence-electron chi connectivity index (χ0n) is 19.4. The van der Waals surface area contributed by atoms with Gasteiger partial charge in [0.15, 0.2) is 5.82 Å². The smallest absolute Gasteiger partial charge is 0.165 e. The maximum Gasteiger partial charge on any atom is 0.165 e. The van der Waals surface area contributed by atoms with Crippen molar-refractivity contribution in [2.45, 2.75) is 26.4 Å². The van der Waals surface area contributed by atoms with E-state index in [1.165, 1.54) is 6.21 Å². The minimum atomic E-state index is 0.239. The van der Waals surface area contributed by atoms with Gasteiger partial charge in [0, 0.05) is 34.9 Å². The van der Waals surface area contributed by atoms with E-state index in [9.17, 15) is 0 Å². The number of halogens is 1. The van der Waals surface area contributed by atoms with Gasteiger partial charge >= 0.3 is 0 Å². The first-order valence-corrected chi connectivity index (χ1v) is 11.7. The van der Waals surface area contributed by atoms with Crippen LogP contribution in [0.5, 0.6) is 0 Å². The highest BCUT2D eigenvalue weighted by Crippen LogP contribution is 2.32. The predicted octanol–water partition coefficient (Wildman–Crippen LogP) is 5.15. The molecule has 0 spiro atoms. The van der Waals surface area contributed by atoms with E-state index in [2.05, 4.69) is 15.8 Å². The van der Waals surface area contributed by atoms with Crippen LogP contribution in [0.1, 0.15) is 22.8 Å². The Morgan fingerprint density at radius 2 is 2.03 bits per heavy atom. The molecule has 1 aliphatic rings. The van der Waals surface area contributed by atoms with Gasteiger partial charge in [-0.1, -0.05) is 35.0 Å². The molecule has 1 aliphatic heterocycles. The van der Waals surface area contributed by atoms with E-state index < -0.39 is 0 Å². The molecule has 2 aromatic heterocycles. The number of allylic oxidation sites excluding steroid dienone is 1. The van der Waals surface area contributed by atoms with Gasteiger partial charge in [-0.05, 0) is 49.2 Å². The molecule has 0 amide bonds. The summed E-state index contributed by atoms with van der Waals surface area (Å²) in [4.78, 5) is 9.58. The summed E-state index contributed by atoms with van der Waals surface area (Å²) in [5.41, 5.74) is 5.14. The van der Waals surface area contributed by atoms with Crippen LogP contribution < -0.4 is 10.6 Å². The summed E-state index contributed by atoms with van der Waals surface area (Å²) in [5, 5.41) is 20.3. The van der Waals surface area contributed by atoms with E-state index in [0.29, 0.717) is 42.0 Å². The lowest BCUT2D eigenvalue weighted by Crippen LogP contribution is -2.43. The van der Waals surface area contributed by atoms with Gasteiger partial charge in [0.25, 0.3) is 0 Å². The van der Waals surface area contributed by atoms with Crippen LogP contribution in [0, 0.1) is 19.3 Å². The van der Waals surface area contributed by atoms with Crippen molar-refractivity contribution < 1.29 is 9.26 Å². The summed E-state index contributed by atoms with van der Waals surface area (Å²) in [6, 6.07) is 13.9. The molecule has 9 heteroatoms. The van der Waals surface area contributed by atoms with Crippen LogP contribution in [-0.4, -0.2) is 40.6 Å². The van der Waals surface area contributed by atoms with Crippen molar-refractivity contribution in [3.8, 4) is 11.1 Å². The fraction of sp³-hybridized carbons (Fsp3) is 0.231. The van der Waals surface area contributed by atoms with Crippen molar-refractivity contribution in [1.29, 1.82) is 5.41 Å². The average molecular weight is 489 g/mol. The van der Waals surface area contributed by atoms with Gasteiger partial charge in [-0.2, -0.15) is 0 Å². The normalized spacial score (nSPS) is 14.1. The number of benzene rings is 2. The predicted molar refractivity (Wildman–Crippen MR) is 138 cm³/mol. The summed E-state index contributed by atoms with van der Waals surface area (Å²) in [5.74, 6) is 1.88. The van der Waals surface area contributed by atoms with E-state index in [1.54, 1.807) is 6.20 Å². The molecule has 1 saturated heterocycles. The number of nitrogens with zero attached hydrogens (tertiary/aromatic N) is 3. The van der Waals surface area contributed by atoms with Crippen LogP contribution in [0.3, 0.4) is 0 Å². The number of rotatable bonds is 8. The fourth-order valence-corrected chi connectivity index (χ4v) is 4.20. The monoisotopic (exact) mass is 488 g/mol. The molecule has 0 radical (unpaired) electrons. The fourth-order valence-electron chi connectivity index (χ4n) is 3.99. The lowest BCUT2D eigenvalue weighted by atomic mass is 10.0. The van der Waals surface area contributed by atoms with Crippen molar-refractivity contribution in [3.05, 3.63) is 76.5 Å². The summed E-state index contributed by atoms with van der Waals surface area (Å²) >= 11 is 6.18. The van der Waals surface area contributed by atoms with Crippen molar-refractivity contribution in [3.63, 3.8) is 0 Å². The number of ether oxygens (including phenoxy) is 1. The van der Waals surface area contributed by atoms with Gasteiger partial charge in [-0.25, -0.2) is 9.97 Å². The second-order valence-electron chi connectivity index (χ2n) is 8.46. The SMILES string of the molecule is Cc1noc(C)c1-c1ccc2nc(/C(C=N)=C/NC3COC3)nc(NCc3cccc(Cl)c3)c2c1. The first-order chi connectivity index (χ1) is 17.0. The second-order valence-corrected chi connectivity index (χ2v) is 8.89. The van der Waals surface area contributed by atoms with E-state index in [1.807, 2.05) is 56.3 Å². The van der Waals surface area contributed by atoms with Gasteiger partial charge in [0.2, 0.25) is 0 Å². The van der Waals surface area contributed by atoms with Crippen LogP contribution in [0.25, 0.3) is 27.6 Å². The Labute approximate surface area is 207 Å². The Morgan fingerprint density at radius 1 is 1.17 bits per heavy atom. The van der Waals surface area contributed by atoms with Crippen molar-refractivity contribution in [2.24, 2.45) is 0 Å². The third-order valence-electron chi connectivity index (χ3n) is 5.89. The van der Waals surface area contributed by atoms with Crippen molar-refractivity contribution in [2.75, 3.05) is 18.5 Å². The standard InChI is InChI=1S/C26H25ClN6O2/c1-15-24(16(2)35-33-15)18-6-7-23-22(9-18)26(30-11-17-4-3-5-20(27)8-17)32-25(31-23)19(10-28)12-29-21-13-34-14-21/h3-10,12,21,28-29H,11,13-14H2,1-2H3,(H,30,31,32)/b19-12+,28-10?. The van der Waals surface area contributed by atoms with Crippen LogP contribution in [-0.2, 0) is 11.3 Å². The third kappa shape index (κ3) is 4.89. The molecule has 0 aliphatic carbocycles. The molecule has 178 valence electrons. The quantitative estimate of drug-likeness (QED) is 0.294. The topological polar surface area (TPSA) is 109 Å². The molecule has 2 aromatic carbocycles. The highest BCUT2D eigenvalue weighted by Gasteiger charge is 2.18. The molecule has 4 aromatic rings. The Balaban J connectivity index is 1.57. The molecule has 1 fully saturated rings. The number of aryl methyl sites for hydroxylation is 2. The van der Waals surface area contributed by atoms with Crippen LogP contribution in [0.4, 0.5) is 5.82 Å². The molecular formula is C26H25ClN6O2. The molecule has 35 heavy (non-hydrogen) atoms.